The number of amides is 1. The zero-order valence-corrected chi connectivity index (χ0v) is 17.1. The first-order valence-electron chi connectivity index (χ1n) is 10.4. The highest BCUT2D eigenvalue weighted by molar-refractivity contribution is 5.81. The number of hydrogen-bond acceptors (Lipinski definition) is 2. The predicted octanol–water partition coefficient (Wildman–Crippen LogP) is 3.15. The molecule has 148 valence electrons. The molecule has 0 bridgehead atoms. The number of aryl methyl sites for hydroxylation is 2. The monoisotopic (exact) mass is 370 g/mol. The molecule has 2 aliphatic rings. The van der Waals surface area contributed by atoms with E-state index in [1.807, 2.05) is 0 Å². The number of carbonyl (C=O) groups is 1. The Kier molecular flexibility index (Phi) is 6.75. The summed E-state index contributed by atoms with van der Waals surface area (Å²) in [6.07, 6.45) is 6.85. The molecule has 0 spiro atoms. The van der Waals surface area contributed by atoms with Crippen molar-refractivity contribution in [1.29, 1.82) is 0 Å². The standard InChI is InChI=1S/C22H34N4O/c1-16-9-10-19(17(2)13-16)14-24-22(23-3)25-20-11-12-26(15-20)21(27)18-7-5-4-6-8-18/h9-10,13,18,20H,4-8,11-12,14-15H2,1-3H3,(H2,23,24,25). The van der Waals surface area contributed by atoms with Crippen molar-refractivity contribution in [2.24, 2.45) is 10.9 Å². The molecule has 1 unspecified atom stereocenters. The molecule has 1 atom stereocenters. The van der Waals surface area contributed by atoms with Crippen LogP contribution in [-0.4, -0.2) is 42.9 Å². The first kappa shape index (κ1) is 19.7. The fraction of sp³-hybridized carbons (Fsp3) is 0.636. The summed E-state index contributed by atoms with van der Waals surface area (Å²) in [5, 5.41) is 6.92. The molecular formula is C22H34N4O. The van der Waals surface area contributed by atoms with E-state index < -0.39 is 0 Å². The average Bonchev–Trinajstić information content (AvgIpc) is 3.15. The van der Waals surface area contributed by atoms with E-state index in [1.54, 1.807) is 7.05 Å². The van der Waals surface area contributed by atoms with Crippen molar-refractivity contribution in [2.75, 3.05) is 20.1 Å². The van der Waals surface area contributed by atoms with Crippen LogP contribution in [0.3, 0.4) is 0 Å². The average molecular weight is 371 g/mol. The van der Waals surface area contributed by atoms with Crippen LogP contribution in [0.2, 0.25) is 0 Å². The SMILES string of the molecule is CN=C(NCc1ccc(C)cc1C)NC1CCN(C(=O)C2CCCCC2)C1. The topological polar surface area (TPSA) is 56.7 Å². The van der Waals surface area contributed by atoms with Gasteiger partial charge >= 0.3 is 0 Å². The Bertz CT molecular complexity index is 679. The van der Waals surface area contributed by atoms with Gasteiger partial charge in [0.05, 0.1) is 0 Å². The van der Waals surface area contributed by atoms with Crippen LogP contribution in [0.15, 0.2) is 23.2 Å². The van der Waals surface area contributed by atoms with E-state index in [2.05, 4.69) is 52.6 Å². The molecule has 5 heteroatoms. The van der Waals surface area contributed by atoms with E-state index in [1.165, 1.54) is 36.0 Å². The summed E-state index contributed by atoms with van der Waals surface area (Å²) in [6, 6.07) is 6.80. The number of rotatable bonds is 4. The summed E-state index contributed by atoms with van der Waals surface area (Å²) in [5.74, 6) is 1.45. The minimum absolute atomic E-state index is 0.263. The summed E-state index contributed by atoms with van der Waals surface area (Å²) >= 11 is 0. The second-order valence-corrected chi connectivity index (χ2v) is 8.10. The Balaban J connectivity index is 1.48. The van der Waals surface area contributed by atoms with Crippen molar-refractivity contribution in [3.05, 3.63) is 34.9 Å². The molecule has 1 amide bonds. The van der Waals surface area contributed by atoms with E-state index in [-0.39, 0.29) is 12.0 Å². The molecule has 2 N–H and O–H groups in total. The van der Waals surface area contributed by atoms with Crippen LogP contribution in [0.1, 0.15) is 55.2 Å². The number of guanidine groups is 1. The number of aliphatic imine (C=N–C) groups is 1. The van der Waals surface area contributed by atoms with Crippen molar-refractivity contribution in [2.45, 2.75) is 65.0 Å². The first-order chi connectivity index (χ1) is 13.1. The smallest absolute Gasteiger partial charge is 0.225 e. The number of benzene rings is 1. The molecule has 5 nitrogen and oxygen atoms in total. The molecule has 2 fully saturated rings. The lowest BCUT2D eigenvalue weighted by molar-refractivity contribution is -0.135. The van der Waals surface area contributed by atoms with Gasteiger partial charge in [0.1, 0.15) is 0 Å². The Hall–Kier alpha value is -2.04. The summed E-state index contributed by atoms with van der Waals surface area (Å²) in [6.45, 7) is 6.67. The normalized spacial score (nSPS) is 21.4. The van der Waals surface area contributed by atoms with Crippen LogP contribution in [0.5, 0.6) is 0 Å². The molecule has 1 heterocycles. The lowest BCUT2D eigenvalue weighted by Crippen LogP contribution is -2.45. The number of likely N-dealkylation sites (tertiary alicyclic amines) is 1. The van der Waals surface area contributed by atoms with Gasteiger partial charge in [-0.15, -0.1) is 0 Å². The number of nitrogens with zero attached hydrogens (tertiary/aromatic N) is 2. The Morgan fingerprint density at radius 2 is 1.96 bits per heavy atom. The molecule has 27 heavy (non-hydrogen) atoms. The van der Waals surface area contributed by atoms with Crippen LogP contribution < -0.4 is 10.6 Å². The number of hydrogen-bond donors (Lipinski definition) is 2. The molecule has 1 aromatic rings. The van der Waals surface area contributed by atoms with E-state index in [9.17, 15) is 4.79 Å². The lowest BCUT2D eigenvalue weighted by atomic mass is 9.88. The van der Waals surface area contributed by atoms with Crippen LogP contribution in [-0.2, 0) is 11.3 Å². The largest absolute Gasteiger partial charge is 0.352 e. The Morgan fingerprint density at radius 1 is 1.19 bits per heavy atom. The zero-order valence-electron chi connectivity index (χ0n) is 17.1. The van der Waals surface area contributed by atoms with Crippen molar-refractivity contribution in [1.82, 2.24) is 15.5 Å². The fourth-order valence-corrected chi connectivity index (χ4v) is 4.30. The fourth-order valence-electron chi connectivity index (χ4n) is 4.30. The third-order valence-electron chi connectivity index (χ3n) is 5.96. The molecular weight excluding hydrogens is 336 g/mol. The highest BCUT2D eigenvalue weighted by Gasteiger charge is 2.31. The maximum atomic E-state index is 12.7. The highest BCUT2D eigenvalue weighted by atomic mass is 16.2. The molecule has 1 aliphatic carbocycles. The van der Waals surface area contributed by atoms with E-state index in [4.69, 9.17) is 0 Å². The van der Waals surface area contributed by atoms with Gasteiger partial charge < -0.3 is 15.5 Å². The summed E-state index contributed by atoms with van der Waals surface area (Å²) in [5.41, 5.74) is 3.86. The second kappa shape index (κ2) is 9.25. The van der Waals surface area contributed by atoms with Crippen molar-refractivity contribution in [3.8, 4) is 0 Å². The third-order valence-corrected chi connectivity index (χ3v) is 5.96. The van der Waals surface area contributed by atoms with Crippen molar-refractivity contribution < 1.29 is 4.79 Å². The van der Waals surface area contributed by atoms with Gasteiger partial charge in [0.15, 0.2) is 5.96 Å². The van der Waals surface area contributed by atoms with Gasteiger partial charge in [-0.05, 0) is 44.2 Å². The van der Waals surface area contributed by atoms with Crippen LogP contribution in [0.4, 0.5) is 0 Å². The van der Waals surface area contributed by atoms with Crippen LogP contribution >= 0.6 is 0 Å². The first-order valence-corrected chi connectivity index (χ1v) is 10.4. The van der Waals surface area contributed by atoms with Crippen LogP contribution in [0.25, 0.3) is 0 Å². The maximum absolute atomic E-state index is 12.7. The number of carbonyl (C=O) groups excluding carboxylic acids is 1. The van der Waals surface area contributed by atoms with E-state index >= 15 is 0 Å². The lowest BCUT2D eigenvalue weighted by Gasteiger charge is -2.26. The van der Waals surface area contributed by atoms with Gasteiger partial charge in [0.25, 0.3) is 0 Å². The molecule has 1 saturated carbocycles. The predicted molar refractivity (Wildman–Crippen MR) is 111 cm³/mol. The van der Waals surface area contributed by atoms with Gasteiger partial charge in [0.2, 0.25) is 5.91 Å². The third kappa shape index (κ3) is 5.24. The number of nitrogens with one attached hydrogen (secondary N) is 2. The van der Waals surface area contributed by atoms with Gasteiger partial charge in [-0.3, -0.25) is 9.79 Å². The van der Waals surface area contributed by atoms with Crippen molar-refractivity contribution in [3.63, 3.8) is 0 Å². The molecule has 1 saturated heterocycles. The second-order valence-electron chi connectivity index (χ2n) is 8.10. The van der Waals surface area contributed by atoms with E-state index in [0.717, 1.165) is 44.9 Å². The summed E-state index contributed by atoms with van der Waals surface area (Å²) in [4.78, 5) is 19.2. The summed E-state index contributed by atoms with van der Waals surface area (Å²) < 4.78 is 0. The quantitative estimate of drug-likeness (QED) is 0.632. The van der Waals surface area contributed by atoms with Crippen LogP contribution in [0, 0.1) is 19.8 Å². The molecule has 0 radical (unpaired) electrons. The van der Waals surface area contributed by atoms with Gasteiger partial charge in [0, 0.05) is 38.6 Å². The summed E-state index contributed by atoms with van der Waals surface area (Å²) in [7, 11) is 1.80. The zero-order chi connectivity index (χ0) is 19.2. The molecule has 1 aliphatic heterocycles. The Labute approximate surface area is 163 Å². The van der Waals surface area contributed by atoms with Crippen molar-refractivity contribution >= 4 is 11.9 Å². The molecule has 1 aromatic carbocycles. The van der Waals surface area contributed by atoms with Gasteiger partial charge in [-0.25, -0.2) is 0 Å². The molecule has 0 aromatic heterocycles. The minimum atomic E-state index is 0.263. The highest BCUT2D eigenvalue weighted by Crippen LogP contribution is 2.26. The maximum Gasteiger partial charge on any atom is 0.225 e. The Morgan fingerprint density at radius 3 is 2.67 bits per heavy atom. The van der Waals surface area contributed by atoms with Gasteiger partial charge in [-0.2, -0.15) is 0 Å². The molecule has 3 rings (SSSR count). The van der Waals surface area contributed by atoms with E-state index in [0.29, 0.717) is 5.91 Å². The van der Waals surface area contributed by atoms with Gasteiger partial charge in [-0.1, -0.05) is 43.0 Å². The minimum Gasteiger partial charge on any atom is -0.352 e.